The Morgan fingerprint density at radius 2 is 2.22 bits per heavy atom. The van der Waals surface area contributed by atoms with Crippen LogP contribution >= 0.6 is 12.2 Å². The zero-order valence-corrected chi connectivity index (χ0v) is 16.4. The number of thiocarbonyl (C=S) groups is 1. The fraction of sp³-hybridized carbons (Fsp3) is 0.762. The van der Waals surface area contributed by atoms with Crippen LogP contribution in [-0.2, 0) is 0 Å². The lowest BCUT2D eigenvalue weighted by Gasteiger charge is -2.50. The van der Waals surface area contributed by atoms with E-state index in [1.807, 2.05) is 0 Å². The van der Waals surface area contributed by atoms with Crippen molar-refractivity contribution in [2.75, 3.05) is 0 Å². The molecule has 0 aliphatic heterocycles. The van der Waals surface area contributed by atoms with Gasteiger partial charge in [0, 0.05) is 0 Å². The van der Waals surface area contributed by atoms with Gasteiger partial charge in [0.2, 0.25) is 0 Å². The van der Waals surface area contributed by atoms with E-state index in [0.29, 0.717) is 11.8 Å². The summed E-state index contributed by atoms with van der Waals surface area (Å²) < 4.78 is 0. The van der Waals surface area contributed by atoms with E-state index in [9.17, 15) is 0 Å². The zero-order valence-electron chi connectivity index (χ0n) is 15.6. The summed E-state index contributed by atoms with van der Waals surface area (Å²) in [6.07, 6.45) is 12.4. The molecule has 0 aromatic carbocycles. The van der Waals surface area contributed by atoms with Gasteiger partial charge in [-0.2, -0.15) is 0 Å². The maximum Gasteiger partial charge on any atom is 0.0716 e. The average molecular weight is 332 g/mol. The van der Waals surface area contributed by atoms with Gasteiger partial charge in [0.25, 0.3) is 0 Å². The van der Waals surface area contributed by atoms with Crippen molar-refractivity contribution in [3.05, 3.63) is 23.3 Å². The normalized spacial score (nSPS) is 34.7. The van der Waals surface area contributed by atoms with Crippen LogP contribution < -0.4 is 0 Å². The first-order valence-corrected chi connectivity index (χ1v) is 9.68. The van der Waals surface area contributed by atoms with Gasteiger partial charge in [-0.1, -0.05) is 30.2 Å². The van der Waals surface area contributed by atoms with Gasteiger partial charge in [-0.05, 0) is 102 Å². The lowest BCUT2D eigenvalue weighted by molar-refractivity contribution is 0.0619. The number of aliphatic imine (C=N–C) groups is 1. The van der Waals surface area contributed by atoms with Gasteiger partial charge < -0.3 is 0 Å². The van der Waals surface area contributed by atoms with Crippen LogP contribution in [0.3, 0.4) is 0 Å². The number of rotatable bonds is 5. The van der Waals surface area contributed by atoms with E-state index in [0.717, 1.165) is 11.8 Å². The Kier molecular flexibility index (Phi) is 6.40. The molecule has 0 saturated heterocycles. The molecule has 0 N–H and O–H groups in total. The summed E-state index contributed by atoms with van der Waals surface area (Å²) >= 11 is 4.95. The molecule has 128 valence electrons. The molecule has 1 fully saturated rings. The summed E-state index contributed by atoms with van der Waals surface area (Å²) in [6.45, 7) is 11.5. The zero-order chi connectivity index (χ0) is 17.0. The Balaban J connectivity index is 2.17. The van der Waals surface area contributed by atoms with Crippen LogP contribution in [0.25, 0.3) is 0 Å². The smallest absolute Gasteiger partial charge is 0.0716 e. The SMILES string of the molecule is CC(C)=CCC[C@@H](C)C1CC[C@](C)(N=C=S)C2CCC(C)=C[C@H]12. The lowest BCUT2D eigenvalue weighted by Crippen LogP contribution is -2.47. The molecule has 2 unspecified atom stereocenters. The summed E-state index contributed by atoms with van der Waals surface area (Å²) in [5.41, 5.74) is 3.03. The molecule has 2 aliphatic carbocycles. The third-order valence-corrected chi connectivity index (χ3v) is 6.37. The molecule has 2 rings (SSSR count). The predicted octanol–water partition coefficient (Wildman–Crippen LogP) is 6.61. The number of allylic oxidation sites excluding steroid dienone is 4. The van der Waals surface area contributed by atoms with Crippen molar-refractivity contribution in [3.63, 3.8) is 0 Å². The number of nitrogens with zero attached hydrogens (tertiary/aromatic N) is 1. The van der Waals surface area contributed by atoms with Crippen molar-refractivity contribution in [3.8, 4) is 0 Å². The Morgan fingerprint density at radius 1 is 1.48 bits per heavy atom. The molecule has 23 heavy (non-hydrogen) atoms. The third-order valence-electron chi connectivity index (χ3n) is 6.27. The second-order valence-corrected chi connectivity index (χ2v) is 8.52. The molecule has 2 heteroatoms. The van der Waals surface area contributed by atoms with Crippen LogP contribution in [0.5, 0.6) is 0 Å². The van der Waals surface area contributed by atoms with E-state index < -0.39 is 0 Å². The van der Waals surface area contributed by atoms with Crippen molar-refractivity contribution in [2.24, 2.45) is 28.7 Å². The average Bonchev–Trinajstić information content (AvgIpc) is 2.47. The summed E-state index contributed by atoms with van der Waals surface area (Å²) in [5.74, 6) is 2.90. The first-order valence-electron chi connectivity index (χ1n) is 9.27. The van der Waals surface area contributed by atoms with Gasteiger partial charge in [0.1, 0.15) is 0 Å². The molecular formula is C21H33NS. The van der Waals surface area contributed by atoms with Gasteiger partial charge >= 0.3 is 0 Å². The molecule has 1 saturated carbocycles. The number of isothiocyanates is 1. The van der Waals surface area contributed by atoms with Crippen molar-refractivity contribution in [2.45, 2.75) is 78.7 Å². The highest BCUT2D eigenvalue weighted by atomic mass is 32.1. The maximum atomic E-state index is 4.95. The Labute approximate surface area is 148 Å². The van der Waals surface area contributed by atoms with E-state index in [1.54, 1.807) is 5.57 Å². The van der Waals surface area contributed by atoms with Crippen LogP contribution in [0, 0.1) is 23.7 Å². The topological polar surface area (TPSA) is 12.4 Å². The van der Waals surface area contributed by atoms with Crippen LogP contribution in [0.2, 0.25) is 0 Å². The van der Waals surface area contributed by atoms with Gasteiger partial charge in [-0.3, -0.25) is 0 Å². The Morgan fingerprint density at radius 3 is 2.87 bits per heavy atom. The summed E-state index contributed by atoms with van der Waals surface area (Å²) in [6, 6.07) is 0. The predicted molar refractivity (Wildman–Crippen MR) is 104 cm³/mol. The van der Waals surface area contributed by atoms with Gasteiger partial charge in [-0.15, -0.1) is 0 Å². The molecule has 5 atom stereocenters. The first-order chi connectivity index (χ1) is 10.9. The maximum absolute atomic E-state index is 4.95. The molecule has 0 aromatic heterocycles. The summed E-state index contributed by atoms with van der Waals surface area (Å²) in [7, 11) is 0. The van der Waals surface area contributed by atoms with Gasteiger partial charge in [-0.25, -0.2) is 4.99 Å². The highest BCUT2D eigenvalue weighted by molar-refractivity contribution is 7.78. The number of fused-ring (bicyclic) bond motifs is 1. The fourth-order valence-electron chi connectivity index (χ4n) is 4.84. The standard InChI is InChI=1S/C21H33NS/c1-15(2)7-6-8-17(4)18-11-12-21(5,22-14-23)20-10-9-16(3)13-19(18)20/h7,13,17-20H,6,8-12H2,1-5H3/t17-,18?,19-,20?,21+/m1/s1. The monoisotopic (exact) mass is 331 g/mol. The Hall–Kier alpha value is -0.720. The van der Waals surface area contributed by atoms with Crippen LogP contribution in [-0.4, -0.2) is 10.7 Å². The third kappa shape index (κ3) is 4.43. The van der Waals surface area contributed by atoms with Crippen molar-refractivity contribution in [1.29, 1.82) is 0 Å². The van der Waals surface area contributed by atoms with E-state index in [2.05, 4.69) is 56.9 Å². The second kappa shape index (κ2) is 7.90. The minimum atomic E-state index is 0.0136. The van der Waals surface area contributed by atoms with E-state index >= 15 is 0 Å². The van der Waals surface area contributed by atoms with Crippen molar-refractivity contribution < 1.29 is 0 Å². The molecule has 0 radical (unpaired) electrons. The molecule has 1 nitrogen and oxygen atoms in total. The minimum Gasteiger partial charge on any atom is -0.226 e. The van der Waals surface area contributed by atoms with E-state index in [4.69, 9.17) is 12.2 Å². The van der Waals surface area contributed by atoms with Gasteiger partial charge in [0.15, 0.2) is 0 Å². The molecule has 2 aliphatic rings. The molecule has 0 amide bonds. The minimum absolute atomic E-state index is 0.0136. The highest BCUT2D eigenvalue weighted by Crippen LogP contribution is 2.51. The van der Waals surface area contributed by atoms with Gasteiger partial charge in [0.05, 0.1) is 10.7 Å². The van der Waals surface area contributed by atoms with Crippen LogP contribution in [0.1, 0.15) is 73.1 Å². The summed E-state index contributed by atoms with van der Waals surface area (Å²) in [5, 5.41) is 2.69. The molecule has 0 heterocycles. The fourth-order valence-corrected chi connectivity index (χ4v) is 5.05. The molecule has 0 aromatic rings. The van der Waals surface area contributed by atoms with Crippen LogP contribution in [0.4, 0.5) is 0 Å². The number of hydrogen-bond acceptors (Lipinski definition) is 2. The highest BCUT2D eigenvalue weighted by Gasteiger charge is 2.47. The molecular weight excluding hydrogens is 298 g/mol. The van der Waals surface area contributed by atoms with Crippen molar-refractivity contribution in [1.82, 2.24) is 0 Å². The lowest BCUT2D eigenvalue weighted by atomic mass is 9.57. The molecule has 0 spiro atoms. The quantitative estimate of drug-likeness (QED) is 0.313. The van der Waals surface area contributed by atoms with E-state index in [1.165, 1.54) is 44.1 Å². The largest absolute Gasteiger partial charge is 0.226 e. The van der Waals surface area contributed by atoms with Crippen LogP contribution in [0.15, 0.2) is 28.3 Å². The molecule has 0 bridgehead atoms. The second-order valence-electron chi connectivity index (χ2n) is 8.33. The summed E-state index contributed by atoms with van der Waals surface area (Å²) in [4.78, 5) is 4.63. The first kappa shape index (κ1) is 18.6. The Bertz CT molecular complexity index is 522. The van der Waals surface area contributed by atoms with Crippen molar-refractivity contribution >= 4 is 17.4 Å². The number of hydrogen-bond donors (Lipinski definition) is 0. The van der Waals surface area contributed by atoms with E-state index in [-0.39, 0.29) is 5.54 Å².